The van der Waals surface area contributed by atoms with E-state index in [0.29, 0.717) is 0 Å². The smallest absolute Gasteiger partial charge is 0.112 e. The Labute approximate surface area is 224 Å². The van der Waals surface area contributed by atoms with Crippen LogP contribution in [0.2, 0.25) is 0 Å². The molecule has 2 aliphatic heterocycles. The lowest BCUT2D eigenvalue weighted by Gasteiger charge is -2.22. The molecule has 0 saturated heterocycles. The van der Waals surface area contributed by atoms with E-state index in [0.717, 1.165) is 16.8 Å². The van der Waals surface area contributed by atoms with Crippen LogP contribution < -0.4 is 0 Å². The summed E-state index contributed by atoms with van der Waals surface area (Å²) in [6.07, 6.45) is -0.162. The topological polar surface area (TPSA) is 22.1 Å². The molecule has 2 unspecified atom stereocenters. The highest BCUT2D eigenvalue weighted by Gasteiger charge is 2.46. The van der Waals surface area contributed by atoms with Crippen LogP contribution in [-0.4, -0.2) is 4.98 Å². The van der Waals surface area contributed by atoms with Gasteiger partial charge in [-0.2, -0.15) is 0 Å². The van der Waals surface area contributed by atoms with E-state index in [1.165, 1.54) is 70.7 Å². The summed E-state index contributed by atoms with van der Waals surface area (Å²) < 4.78 is 6.78. The van der Waals surface area contributed by atoms with Crippen LogP contribution in [0.5, 0.6) is 0 Å². The van der Waals surface area contributed by atoms with Gasteiger partial charge in [-0.3, -0.25) is 0 Å². The molecule has 2 heteroatoms. The van der Waals surface area contributed by atoms with E-state index >= 15 is 0 Å². The monoisotopic (exact) mass is 495 g/mol. The maximum atomic E-state index is 6.78. The molecule has 0 fully saturated rings. The van der Waals surface area contributed by atoms with Gasteiger partial charge in [0.1, 0.15) is 12.2 Å². The average molecular weight is 496 g/mol. The third-order valence-corrected chi connectivity index (χ3v) is 9.08. The van der Waals surface area contributed by atoms with Crippen molar-refractivity contribution in [1.82, 2.24) is 4.98 Å². The standard InChI is InChI=1S/C37H21NO/c1-2-9-21(10-3-1)34-33-32(36-25-13-4-5-14-26(25)37(33)39-36)29-19-28-24-16-7-12-20-11-6-15-22(30(20)24)23-17-8-18-27(31(23)28)35(29)38-34/h1-19,36-37H. The Balaban J connectivity index is 1.45. The molecule has 8 aromatic rings. The summed E-state index contributed by atoms with van der Waals surface area (Å²) in [5.41, 5.74) is 8.33. The lowest BCUT2D eigenvalue weighted by molar-refractivity contribution is 0.0863. The molecule has 10 rings (SSSR count). The number of hydrogen-bond donors (Lipinski definition) is 0. The Kier molecular flexibility index (Phi) is 3.62. The Morgan fingerprint density at radius 1 is 0.487 bits per heavy atom. The molecule has 180 valence electrons. The van der Waals surface area contributed by atoms with Gasteiger partial charge in [-0.05, 0) is 54.9 Å². The van der Waals surface area contributed by atoms with Crippen LogP contribution in [0, 0.1) is 0 Å². The predicted molar refractivity (Wildman–Crippen MR) is 160 cm³/mol. The Morgan fingerprint density at radius 2 is 1.10 bits per heavy atom. The number of nitrogens with zero attached hydrogens (tertiary/aromatic N) is 1. The van der Waals surface area contributed by atoms with Crippen molar-refractivity contribution >= 4 is 54.0 Å². The van der Waals surface area contributed by atoms with Crippen molar-refractivity contribution in [3.8, 4) is 11.3 Å². The Hall–Kier alpha value is -4.79. The Bertz CT molecular complexity index is 2310. The molecular weight excluding hydrogens is 474 g/mol. The second-order valence-corrected chi connectivity index (χ2v) is 10.9. The normalized spacial score (nSPS) is 17.6. The molecular formula is C37H21NO. The fraction of sp³-hybridized carbons (Fsp3) is 0.0541. The van der Waals surface area contributed by atoms with Crippen LogP contribution in [0.4, 0.5) is 0 Å². The molecule has 39 heavy (non-hydrogen) atoms. The molecule has 0 saturated carbocycles. The van der Waals surface area contributed by atoms with E-state index in [-0.39, 0.29) is 12.2 Å². The van der Waals surface area contributed by atoms with Crippen LogP contribution in [-0.2, 0) is 4.74 Å². The second-order valence-electron chi connectivity index (χ2n) is 10.9. The van der Waals surface area contributed by atoms with Crippen molar-refractivity contribution < 1.29 is 4.74 Å². The van der Waals surface area contributed by atoms with E-state index in [1.54, 1.807) is 0 Å². The first-order valence-electron chi connectivity index (χ1n) is 13.6. The zero-order chi connectivity index (χ0) is 25.2. The van der Waals surface area contributed by atoms with E-state index < -0.39 is 0 Å². The van der Waals surface area contributed by atoms with Crippen molar-refractivity contribution in [3.63, 3.8) is 0 Å². The summed E-state index contributed by atoms with van der Waals surface area (Å²) in [5.74, 6) is 0. The van der Waals surface area contributed by atoms with Crippen molar-refractivity contribution in [1.29, 1.82) is 0 Å². The minimum absolute atomic E-state index is 0.0753. The molecule has 2 nitrogen and oxygen atoms in total. The highest BCUT2D eigenvalue weighted by molar-refractivity contribution is 6.36. The van der Waals surface area contributed by atoms with Crippen molar-refractivity contribution in [3.05, 3.63) is 138 Å². The third kappa shape index (κ3) is 2.40. The second kappa shape index (κ2) is 6.99. The maximum Gasteiger partial charge on any atom is 0.112 e. The van der Waals surface area contributed by atoms with Gasteiger partial charge in [0, 0.05) is 27.5 Å². The third-order valence-electron chi connectivity index (χ3n) is 9.08. The zero-order valence-electron chi connectivity index (χ0n) is 21.0. The number of pyridine rings is 1. The summed E-state index contributed by atoms with van der Waals surface area (Å²) in [6.45, 7) is 0. The van der Waals surface area contributed by atoms with Gasteiger partial charge in [-0.15, -0.1) is 0 Å². The molecule has 0 radical (unpaired) electrons. The summed E-state index contributed by atoms with van der Waals surface area (Å²) in [5, 5.41) is 11.5. The Morgan fingerprint density at radius 3 is 1.87 bits per heavy atom. The average Bonchev–Trinajstić information content (AvgIpc) is 3.58. The molecule has 0 amide bonds. The van der Waals surface area contributed by atoms with Crippen LogP contribution >= 0.6 is 0 Å². The number of fused-ring (bicyclic) bond motifs is 13. The number of benzene rings is 7. The molecule has 1 aromatic heterocycles. The number of aromatic nitrogens is 1. The van der Waals surface area contributed by atoms with Crippen LogP contribution in [0.25, 0.3) is 65.3 Å². The predicted octanol–water partition coefficient (Wildman–Crippen LogP) is 9.47. The highest BCUT2D eigenvalue weighted by atomic mass is 16.5. The fourth-order valence-corrected chi connectivity index (χ4v) is 7.55. The lowest BCUT2D eigenvalue weighted by Crippen LogP contribution is -2.08. The van der Waals surface area contributed by atoms with E-state index in [9.17, 15) is 0 Å². The first-order chi connectivity index (χ1) is 19.4. The first-order valence-corrected chi connectivity index (χ1v) is 13.6. The molecule has 3 heterocycles. The van der Waals surface area contributed by atoms with Gasteiger partial charge in [0.05, 0.1) is 11.2 Å². The molecule has 2 atom stereocenters. The van der Waals surface area contributed by atoms with E-state index in [2.05, 4.69) is 115 Å². The number of ether oxygens (including phenoxy) is 1. The minimum atomic E-state index is -0.0872. The summed E-state index contributed by atoms with van der Waals surface area (Å²) in [7, 11) is 0. The van der Waals surface area contributed by atoms with Crippen LogP contribution in [0.3, 0.4) is 0 Å². The van der Waals surface area contributed by atoms with Crippen LogP contribution in [0.1, 0.15) is 34.5 Å². The van der Waals surface area contributed by atoms with Gasteiger partial charge in [-0.25, -0.2) is 4.98 Å². The van der Waals surface area contributed by atoms with Gasteiger partial charge in [0.25, 0.3) is 0 Å². The van der Waals surface area contributed by atoms with E-state index in [1.807, 2.05) is 0 Å². The first kappa shape index (κ1) is 20.2. The molecule has 2 aliphatic rings. The van der Waals surface area contributed by atoms with Gasteiger partial charge < -0.3 is 4.74 Å². The summed E-state index contributed by atoms with van der Waals surface area (Å²) in [6, 6.07) is 41.8. The zero-order valence-corrected chi connectivity index (χ0v) is 21.0. The SMILES string of the molecule is c1ccc(-c2nc3c(cc4c5cccc6cccc(c7cccc3c74)c65)c3c2C2OC3c3ccccc32)cc1. The van der Waals surface area contributed by atoms with Crippen molar-refractivity contribution in [2.75, 3.05) is 0 Å². The van der Waals surface area contributed by atoms with E-state index in [4.69, 9.17) is 9.72 Å². The molecule has 0 aliphatic carbocycles. The summed E-state index contributed by atoms with van der Waals surface area (Å²) in [4.78, 5) is 5.50. The lowest BCUT2D eigenvalue weighted by atomic mass is 9.81. The number of rotatable bonds is 1. The van der Waals surface area contributed by atoms with Gasteiger partial charge in [0.15, 0.2) is 0 Å². The van der Waals surface area contributed by atoms with Crippen molar-refractivity contribution in [2.24, 2.45) is 0 Å². The number of hydrogen-bond acceptors (Lipinski definition) is 2. The minimum Gasteiger partial charge on any atom is -0.356 e. The van der Waals surface area contributed by atoms with Crippen molar-refractivity contribution in [2.45, 2.75) is 12.2 Å². The molecule has 0 spiro atoms. The molecule has 2 bridgehead atoms. The molecule has 7 aromatic carbocycles. The quantitative estimate of drug-likeness (QED) is 0.167. The highest BCUT2D eigenvalue weighted by Crippen LogP contribution is 2.58. The largest absolute Gasteiger partial charge is 0.356 e. The van der Waals surface area contributed by atoms with Crippen LogP contribution in [0.15, 0.2) is 115 Å². The maximum absolute atomic E-state index is 6.78. The fourth-order valence-electron chi connectivity index (χ4n) is 7.55. The summed E-state index contributed by atoms with van der Waals surface area (Å²) >= 11 is 0. The van der Waals surface area contributed by atoms with Gasteiger partial charge in [0.2, 0.25) is 0 Å². The van der Waals surface area contributed by atoms with Gasteiger partial charge in [-0.1, -0.05) is 109 Å². The molecule has 0 N–H and O–H groups in total. The van der Waals surface area contributed by atoms with Gasteiger partial charge >= 0.3 is 0 Å².